The Hall–Kier alpha value is -2.14. The number of hydrogen-bond donors (Lipinski definition) is 1. The maximum absolute atomic E-state index is 12.3. The molecule has 2 aromatic rings. The highest BCUT2D eigenvalue weighted by Crippen LogP contribution is 2.37. The van der Waals surface area contributed by atoms with Gasteiger partial charge in [-0.25, -0.2) is 0 Å². The second-order valence-corrected chi connectivity index (χ2v) is 8.26. The summed E-state index contributed by atoms with van der Waals surface area (Å²) in [6.45, 7) is 0.894. The molecule has 4 rings (SSSR count). The second-order valence-electron chi connectivity index (χ2n) is 8.26. The van der Waals surface area contributed by atoms with E-state index >= 15 is 0 Å². The average Bonchev–Trinajstić information content (AvgIpc) is 3.35. The van der Waals surface area contributed by atoms with Crippen molar-refractivity contribution in [1.82, 2.24) is 20.0 Å². The number of nitrogens with zero attached hydrogens (tertiary/aromatic N) is 3. The van der Waals surface area contributed by atoms with Crippen LogP contribution in [0.3, 0.4) is 0 Å². The van der Waals surface area contributed by atoms with Gasteiger partial charge in [-0.05, 0) is 30.7 Å². The van der Waals surface area contributed by atoms with Gasteiger partial charge in [0.25, 0.3) is 0 Å². The summed E-state index contributed by atoms with van der Waals surface area (Å²) in [5.74, 6) is 1.24. The van der Waals surface area contributed by atoms with Crippen LogP contribution in [0.2, 0.25) is 0 Å². The lowest BCUT2D eigenvalue weighted by Gasteiger charge is -2.27. The molecule has 1 aliphatic carbocycles. The molecule has 1 aromatic heterocycles. The summed E-state index contributed by atoms with van der Waals surface area (Å²) in [4.78, 5) is 14.2. The van der Waals surface area contributed by atoms with E-state index in [1.54, 1.807) is 0 Å². The van der Waals surface area contributed by atoms with Crippen molar-refractivity contribution in [3.05, 3.63) is 53.9 Å². The standard InChI is InChI=1S/C22H30N4O/c1-25-15-19(14-24-25)22-18(12-21(27)26(22)2)13-23-20-10-6-9-17(20)11-16-7-4-3-5-8-16/h3-5,7-8,14-15,17-18,20,22-23H,6,9-13H2,1-2H3/t17-,18-,20-,22+/m0/s1. The molecule has 27 heavy (non-hydrogen) atoms. The summed E-state index contributed by atoms with van der Waals surface area (Å²) in [7, 11) is 3.86. The number of rotatable bonds is 6. The quantitative estimate of drug-likeness (QED) is 0.855. The molecule has 4 atom stereocenters. The van der Waals surface area contributed by atoms with Crippen molar-refractivity contribution in [3.63, 3.8) is 0 Å². The first-order chi connectivity index (χ1) is 13.1. The average molecular weight is 367 g/mol. The number of carbonyl (C=O) groups excluding carboxylic acids is 1. The zero-order chi connectivity index (χ0) is 18.8. The molecule has 1 saturated carbocycles. The number of benzene rings is 1. The van der Waals surface area contributed by atoms with Gasteiger partial charge in [-0.2, -0.15) is 5.10 Å². The summed E-state index contributed by atoms with van der Waals surface area (Å²) in [6, 6.07) is 11.5. The van der Waals surface area contributed by atoms with Gasteiger partial charge < -0.3 is 10.2 Å². The van der Waals surface area contributed by atoms with Crippen molar-refractivity contribution in [2.24, 2.45) is 18.9 Å². The third kappa shape index (κ3) is 3.93. The molecule has 5 heteroatoms. The van der Waals surface area contributed by atoms with Crippen molar-refractivity contribution >= 4 is 5.91 Å². The lowest BCUT2D eigenvalue weighted by atomic mass is 9.92. The third-order valence-electron chi connectivity index (χ3n) is 6.40. The summed E-state index contributed by atoms with van der Waals surface area (Å²) in [5, 5.41) is 8.15. The number of carbonyl (C=O) groups is 1. The smallest absolute Gasteiger partial charge is 0.223 e. The highest BCUT2D eigenvalue weighted by molar-refractivity contribution is 5.79. The van der Waals surface area contributed by atoms with Gasteiger partial charge in [-0.1, -0.05) is 36.8 Å². The van der Waals surface area contributed by atoms with E-state index in [1.807, 2.05) is 36.1 Å². The maximum atomic E-state index is 12.3. The molecule has 0 unspecified atom stereocenters. The van der Waals surface area contributed by atoms with Crippen LogP contribution in [0.1, 0.15) is 42.9 Å². The molecule has 2 heterocycles. The van der Waals surface area contributed by atoms with Gasteiger partial charge >= 0.3 is 0 Å². The minimum Gasteiger partial charge on any atom is -0.338 e. The van der Waals surface area contributed by atoms with Crippen LogP contribution in [0.5, 0.6) is 0 Å². The van der Waals surface area contributed by atoms with Crippen LogP contribution in [0.25, 0.3) is 0 Å². The van der Waals surface area contributed by atoms with Crippen LogP contribution in [0, 0.1) is 11.8 Å². The largest absolute Gasteiger partial charge is 0.338 e. The molecule has 1 saturated heterocycles. The molecule has 1 amide bonds. The second kappa shape index (κ2) is 7.85. The monoisotopic (exact) mass is 366 g/mol. The van der Waals surface area contributed by atoms with E-state index in [1.165, 1.54) is 24.8 Å². The Morgan fingerprint density at radius 3 is 2.70 bits per heavy atom. The minimum atomic E-state index is 0.132. The van der Waals surface area contributed by atoms with Crippen molar-refractivity contribution in [2.45, 2.75) is 44.2 Å². The SMILES string of the molecule is CN1C(=O)C[C@@H](CN[C@H]2CCC[C@H]2Cc2ccccc2)[C@@H]1c1cnn(C)c1. The number of aryl methyl sites for hydroxylation is 1. The van der Waals surface area contributed by atoms with E-state index < -0.39 is 0 Å². The van der Waals surface area contributed by atoms with Gasteiger partial charge in [0, 0.05) is 50.8 Å². The van der Waals surface area contributed by atoms with E-state index in [4.69, 9.17) is 0 Å². The van der Waals surface area contributed by atoms with Gasteiger partial charge in [-0.3, -0.25) is 9.48 Å². The van der Waals surface area contributed by atoms with Gasteiger partial charge in [0.15, 0.2) is 0 Å². The van der Waals surface area contributed by atoms with Crippen molar-refractivity contribution < 1.29 is 4.79 Å². The zero-order valence-corrected chi connectivity index (χ0v) is 16.3. The molecular weight excluding hydrogens is 336 g/mol. The zero-order valence-electron chi connectivity index (χ0n) is 16.3. The first-order valence-corrected chi connectivity index (χ1v) is 10.1. The summed E-state index contributed by atoms with van der Waals surface area (Å²) in [5.41, 5.74) is 2.57. The minimum absolute atomic E-state index is 0.132. The third-order valence-corrected chi connectivity index (χ3v) is 6.40. The molecule has 0 bridgehead atoms. The first-order valence-electron chi connectivity index (χ1n) is 10.1. The van der Waals surface area contributed by atoms with Crippen LogP contribution >= 0.6 is 0 Å². The molecule has 2 fully saturated rings. The summed E-state index contributed by atoms with van der Waals surface area (Å²) >= 11 is 0. The van der Waals surface area contributed by atoms with E-state index in [-0.39, 0.29) is 11.9 Å². The molecular formula is C22H30N4O. The Morgan fingerprint density at radius 2 is 1.96 bits per heavy atom. The summed E-state index contributed by atoms with van der Waals surface area (Å²) in [6.07, 6.45) is 9.55. The van der Waals surface area contributed by atoms with E-state index in [2.05, 4.69) is 40.7 Å². The number of amides is 1. The highest BCUT2D eigenvalue weighted by atomic mass is 16.2. The Bertz CT molecular complexity index is 772. The highest BCUT2D eigenvalue weighted by Gasteiger charge is 2.39. The molecule has 144 valence electrons. The number of likely N-dealkylation sites (tertiary alicyclic amines) is 1. The molecule has 1 aliphatic heterocycles. The Kier molecular flexibility index (Phi) is 5.30. The van der Waals surface area contributed by atoms with Crippen LogP contribution in [-0.2, 0) is 18.3 Å². The predicted molar refractivity (Wildman–Crippen MR) is 106 cm³/mol. The van der Waals surface area contributed by atoms with E-state index in [0.717, 1.165) is 18.5 Å². The fourth-order valence-electron chi connectivity index (χ4n) is 4.99. The lowest BCUT2D eigenvalue weighted by Crippen LogP contribution is -2.38. The van der Waals surface area contributed by atoms with Crippen molar-refractivity contribution in [2.75, 3.05) is 13.6 Å². The first kappa shape index (κ1) is 18.2. The molecule has 1 aromatic carbocycles. The lowest BCUT2D eigenvalue weighted by molar-refractivity contribution is -0.127. The van der Waals surface area contributed by atoms with Crippen molar-refractivity contribution in [1.29, 1.82) is 0 Å². The molecule has 0 spiro atoms. The molecule has 1 N–H and O–H groups in total. The topological polar surface area (TPSA) is 50.2 Å². The molecule has 0 radical (unpaired) electrons. The van der Waals surface area contributed by atoms with Gasteiger partial charge in [0.05, 0.1) is 12.2 Å². The number of nitrogens with one attached hydrogen (secondary N) is 1. The van der Waals surface area contributed by atoms with E-state index in [9.17, 15) is 4.79 Å². The van der Waals surface area contributed by atoms with Crippen LogP contribution in [-0.4, -0.2) is 40.2 Å². The van der Waals surface area contributed by atoms with E-state index in [0.29, 0.717) is 24.3 Å². The Labute approximate surface area is 161 Å². The van der Waals surface area contributed by atoms with Crippen LogP contribution in [0.4, 0.5) is 0 Å². The Balaban J connectivity index is 1.40. The van der Waals surface area contributed by atoms with Crippen LogP contribution in [0.15, 0.2) is 42.7 Å². The van der Waals surface area contributed by atoms with Gasteiger partial charge in [0.1, 0.15) is 0 Å². The fraction of sp³-hybridized carbons (Fsp3) is 0.545. The number of aromatic nitrogens is 2. The Morgan fingerprint density at radius 1 is 1.15 bits per heavy atom. The number of hydrogen-bond acceptors (Lipinski definition) is 3. The molecule has 2 aliphatic rings. The molecule has 5 nitrogen and oxygen atoms in total. The van der Waals surface area contributed by atoms with Crippen LogP contribution < -0.4 is 5.32 Å². The normalized spacial score (nSPS) is 28.2. The maximum Gasteiger partial charge on any atom is 0.223 e. The van der Waals surface area contributed by atoms with Gasteiger partial charge in [-0.15, -0.1) is 0 Å². The predicted octanol–water partition coefficient (Wildman–Crippen LogP) is 2.94. The van der Waals surface area contributed by atoms with Gasteiger partial charge in [0.2, 0.25) is 5.91 Å². The van der Waals surface area contributed by atoms with Crippen molar-refractivity contribution in [3.8, 4) is 0 Å². The fourth-order valence-corrected chi connectivity index (χ4v) is 4.99. The summed E-state index contributed by atoms with van der Waals surface area (Å²) < 4.78 is 1.82.